The van der Waals surface area contributed by atoms with Crippen LogP contribution in [-0.2, 0) is 0 Å². The Labute approximate surface area is 197 Å². The molecule has 0 heterocycles. The number of hydrogen-bond acceptors (Lipinski definition) is 4. The van der Waals surface area contributed by atoms with Gasteiger partial charge in [0.25, 0.3) is 0 Å². The molecule has 184 valence electrons. The fourth-order valence-electron chi connectivity index (χ4n) is 2.76. The molecule has 2 aromatic carbocycles. The third kappa shape index (κ3) is 14.1. The van der Waals surface area contributed by atoms with Crippen molar-refractivity contribution in [2.45, 2.75) is 72.5 Å². The lowest BCUT2D eigenvalue weighted by Crippen LogP contribution is -2.29. The van der Waals surface area contributed by atoms with Gasteiger partial charge >= 0.3 is 11.9 Å². The number of aliphatic hydroxyl groups is 2. The fraction of sp³-hybridized carbons (Fsp3) is 0.481. The van der Waals surface area contributed by atoms with Crippen LogP contribution in [0, 0.1) is 11.3 Å². The molecule has 0 saturated carbocycles. The first-order valence-electron chi connectivity index (χ1n) is 11.3. The maximum atomic E-state index is 10.2. The molecule has 4 N–H and O–H groups in total. The molecule has 0 aliphatic heterocycles. The predicted molar refractivity (Wildman–Crippen MR) is 132 cm³/mol. The van der Waals surface area contributed by atoms with Crippen LogP contribution in [0.3, 0.4) is 0 Å². The number of carbonyl (C=O) groups is 2. The maximum absolute atomic E-state index is 10.2. The smallest absolute Gasteiger partial charge is 0.335 e. The first-order chi connectivity index (χ1) is 15.4. The third-order valence-corrected chi connectivity index (χ3v) is 5.49. The number of aliphatic hydroxyl groups excluding tert-OH is 2. The summed E-state index contributed by atoms with van der Waals surface area (Å²) < 4.78 is 0. The zero-order chi connectivity index (χ0) is 25.4. The minimum absolute atomic E-state index is 0.156. The van der Waals surface area contributed by atoms with Gasteiger partial charge in [0.2, 0.25) is 0 Å². The number of rotatable bonds is 8. The van der Waals surface area contributed by atoms with E-state index >= 15 is 0 Å². The van der Waals surface area contributed by atoms with Crippen LogP contribution in [0.25, 0.3) is 0 Å². The lowest BCUT2D eigenvalue weighted by Gasteiger charge is -2.31. The Morgan fingerprint density at radius 1 is 0.788 bits per heavy atom. The van der Waals surface area contributed by atoms with Gasteiger partial charge in [-0.2, -0.15) is 0 Å². The first kappa shape index (κ1) is 30.3. The number of aromatic carboxylic acids is 2. The predicted octanol–water partition coefficient (Wildman–Crippen LogP) is 5.74. The molecule has 6 heteroatoms. The van der Waals surface area contributed by atoms with Crippen LogP contribution in [-0.4, -0.2) is 44.6 Å². The van der Waals surface area contributed by atoms with Crippen LogP contribution in [0.2, 0.25) is 0 Å². The summed E-state index contributed by atoms with van der Waals surface area (Å²) in [5, 5.41) is 36.1. The van der Waals surface area contributed by atoms with Crippen molar-refractivity contribution in [2.75, 3.05) is 0 Å². The van der Waals surface area contributed by atoms with Crippen molar-refractivity contribution in [2.24, 2.45) is 11.3 Å². The van der Waals surface area contributed by atoms with Crippen molar-refractivity contribution in [1.82, 2.24) is 0 Å². The van der Waals surface area contributed by atoms with Gasteiger partial charge in [-0.05, 0) is 61.3 Å². The van der Waals surface area contributed by atoms with Gasteiger partial charge in [0.05, 0.1) is 23.3 Å². The van der Waals surface area contributed by atoms with E-state index in [1.54, 1.807) is 60.7 Å². The SMILES string of the molecule is CCC(O)CCCC(O)C(C)C(C)(C)C.O=C(O)c1ccccc1.O=C(O)c1ccccc1. The van der Waals surface area contributed by atoms with E-state index in [1.165, 1.54) is 0 Å². The lowest BCUT2D eigenvalue weighted by atomic mass is 9.77. The molecule has 0 aromatic heterocycles. The molecule has 33 heavy (non-hydrogen) atoms. The van der Waals surface area contributed by atoms with E-state index in [4.69, 9.17) is 10.2 Å². The Hall–Kier alpha value is -2.70. The molecular formula is C27H40O6. The molecule has 0 aliphatic rings. The second-order valence-electron chi connectivity index (χ2n) is 9.06. The molecule has 0 fully saturated rings. The van der Waals surface area contributed by atoms with Crippen LogP contribution in [0.1, 0.15) is 81.0 Å². The molecule has 0 spiro atoms. The number of carboxylic acid groups (broad SMARTS) is 2. The van der Waals surface area contributed by atoms with Crippen molar-refractivity contribution in [3.8, 4) is 0 Å². The largest absolute Gasteiger partial charge is 0.478 e. The summed E-state index contributed by atoms with van der Waals surface area (Å²) in [6.45, 7) is 10.5. The van der Waals surface area contributed by atoms with Crippen molar-refractivity contribution in [3.05, 3.63) is 71.8 Å². The van der Waals surface area contributed by atoms with E-state index in [0.717, 1.165) is 25.7 Å². The first-order valence-corrected chi connectivity index (χ1v) is 11.3. The molecule has 2 rings (SSSR count). The number of hydrogen-bond donors (Lipinski definition) is 4. The van der Waals surface area contributed by atoms with E-state index in [1.807, 2.05) is 6.92 Å². The highest BCUT2D eigenvalue weighted by molar-refractivity contribution is 5.87. The van der Waals surface area contributed by atoms with Gasteiger partial charge < -0.3 is 20.4 Å². The topological polar surface area (TPSA) is 115 Å². The van der Waals surface area contributed by atoms with Crippen LogP contribution in [0.15, 0.2) is 60.7 Å². The minimum atomic E-state index is -0.879. The van der Waals surface area contributed by atoms with Gasteiger partial charge in [-0.25, -0.2) is 9.59 Å². The summed E-state index contributed by atoms with van der Waals surface area (Å²) in [6.07, 6.45) is 2.90. The third-order valence-electron chi connectivity index (χ3n) is 5.49. The van der Waals surface area contributed by atoms with Crippen molar-refractivity contribution in [1.29, 1.82) is 0 Å². The van der Waals surface area contributed by atoms with Gasteiger partial charge in [0.1, 0.15) is 0 Å². The molecule has 0 radical (unpaired) electrons. The molecule has 2 aromatic rings. The Kier molecular flexibility index (Phi) is 14.7. The monoisotopic (exact) mass is 460 g/mol. The summed E-state index contributed by atoms with van der Waals surface area (Å²) in [7, 11) is 0. The summed E-state index contributed by atoms with van der Waals surface area (Å²) in [5.41, 5.74) is 0.818. The van der Waals surface area contributed by atoms with Crippen LogP contribution in [0.4, 0.5) is 0 Å². The highest BCUT2D eigenvalue weighted by Crippen LogP contribution is 2.30. The van der Waals surface area contributed by atoms with E-state index in [9.17, 15) is 19.8 Å². The van der Waals surface area contributed by atoms with E-state index < -0.39 is 11.9 Å². The minimum Gasteiger partial charge on any atom is -0.478 e. The van der Waals surface area contributed by atoms with E-state index in [-0.39, 0.29) is 17.6 Å². The van der Waals surface area contributed by atoms with Gasteiger partial charge in [0.15, 0.2) is 0 Å². The summed E-state index contributed by atoms with van der Waals surface area (Å²) in [5.74, 6) is -1.46. The summed E-state index contributed by atoms with van der Waals surface area (Å²) in [6, 6.07) is 16.6. The summed E-state index contributed by atoms with van der Waals surface area (Å²) in [4.78, 5) is 20.4. The van der Waals surface area contributed by atoms with Crippen molar-refractivity contribution >= 4 is 11.9 Å². The summed E-state index contributed by atoms with van der Waals surface area (Å²) >= 11 is 0. The molecule has 0 aliphatic carbocycles. The zero-order valence-electron chi connectivity index (χ0n) is 20.4. The highest BCUT2D eigenvalue weighted by Gasteiger charge is 2.26. The zero-order valence-corrected chi connectivity index (χ0v) is 20.4. The van der Waals surface area contributed by atoms with Crippen molar-refractivity contribution < 1.29 is 30.0 Å². The lowest BCUT2D eigenvalue weighted by molar-refractivity contribution is 0.0424. The Balaban J connectivity index is 0.000000489. The average molecular weight is 461 g/mol. The Morgan fingerprint density at radius 3 is 1.45 bits per heavy atom. The van der Waals surface area contributed by atoms with Gasteiger partial charge in [-0.15, -0.1) is 0 Å². The van der Waals surface area contributed by atoms with Gasteiger partial charge in [-0.3, -0.25) is 0 Å². The van der Waals surface area contributed by atoms with E-state index in [2.05, 4.69) is 27.7 Å². The molecule has 3 atom stereocenters. The van der Waals surface area contributed by atoms with E-state index in [0.29, 0.717) is 17.0 Å². The second kappa shape index (κ2) is 16.0. The fourth-order valence-corrected chi connectivity index (χ4v) is 2.76. The van der Waals surface area contributed by atoms with Gasteiger partial charge in [0, 0.05) is 0 Å². The molecule has 0 amide bonds. The molecule has 6 nitrogen and oxygen atoms in total. The van der Waals surface area contributed by atoms with Crippen LogP contribution < -0.4 is 0 Å². The van der Waals surface area contributed by atoms with Crippen LogP contribution in [0.5, 0.6) is 0 Å². The quantitative estimate of drug-likeness (QED) is 0.399. The molecular weight excluding hydrogens is 420 g/mol. The van der Waals surface area contributed by atoms with Crippen molar-refractivity contribution in [3.63, 3.8) is 0 Å². The second-order valence-corrected chi connectivity index (χ2v) is 9.06. The normalized spacial score (nSPS) is 13.3. The standard InChI is InChI=1S/C13H28O2.2C7H6O2/c1-6-11(14)8-7-9-12(15)10(2)13(3,4)5;2*8-7(9)6-4-2-1-3-5-6/h10-12,14-15H,6-9H2,1-5H3;2*1-5H,(H,8,9). The molecule has 0 saturated heterocycles. The molecule has 0 bridgehead atoms. The highest BCUT2D eigenvalue weighted by atomic mass is 16.4. The molecule has 3 unspecified atom stereocenters. The average Bonchev–Trinajstić information content (AvgIpc) is 2.79. The Bertz CT molecular complexity index is 734. The van der Waals surface area contributed by atoms with Gasteiger partial charge in [-0.1, -0.05) is 71.0 Å². The van der Waals surface area contributed by atoms with Crippen LogP contribution >= 0.6 is 0 Å². The number of carboxylic acids is 2. The Morgan fingerprint density at radius 2 is 1.18 bits per heavy atom. The maximum Gasteiger partial charge on any atom is 0.335 e. The number of benzene rings is 2.